The molecule has 12 aromatic rings. The third-order valence-electron chi connectivity index (χ3n) is 15.8. The Bertz CT molecular complexity index is 4070. The van der Waals surface area contributed by atoms with Crippen LogP contribution in [-0.2, 0) is 10.8 Å². The number of aromatic nitrogens is 2. The Hall–Kier alpha value is -8.98. The van der Waals surface area contributed by atoms with Crippen LogP contribution < -0.4 is 0 Å². The maximum atomic E-state index is 5.48. The summed E-state index contributed by atoms with van der Waals surface area (Å²) in [5.74, 6) is 0.693. The average Bonchev–Trinajstić information content (AvgIpc) is 3.89. The molecule has 2 aliphatic carbocycles. The molecule has 0 spiro atoms. The molecule has 1 heterocycles. The molecule has 11 aromatic carbocycles. The van der Waals surface area contributed by atoms with Crippen molar-refractivity contribution < 1.29 is 0 Å². The van der Waals surface area contributed by atoms with Gasteiger partial charge < -0.3 is 0 Å². The van der Waals surface area contributed by atoms with Gasteiger partial charge in [0.2, 0.25) is 0 Å². The predicted molar refractivity (Wildman–Crippen MR) is 299 cm³/mol. The molecule has 0 unspecified atom stereocenters. The fourth-order valence-corrected chi connectivity index (χ4v) is 12.7. The predicted octanol–water partition coefficient (Wildman–Crippen LogP) is 17.8. The molecule has 0 N–H and O–H groups in total. The molecule has 0 radical (unpaired) electrons. The molecule has 0 saturated heterocycles. The van der Waals surface area contributed by atoms with E-state index in [-0.39, 0.29) is 5.41 Å². The van der Waals surface area contributed by atoms with E-state index in [0.717, 1.165) is 33.5 Å². The maximum absolute atomic E-state index is 5.48. The molecule has 1 aromatic heterocycles. The average molecular weight is 917 g/mol. The summed E-state index contributed by atoms with van der Waals surface area (Å²) in [5, 5.41) is 4.94. The molecule has 0 atom stereocenters. The minimum atomic E-state index is -0.525. The van der Waals surface area contributed by atoms with Crippen LogP contribution in [-0.4, -0.2) is 9.97 Å². The Morgan fingerprint density at radius 2 is 0.792 bits per heavy atom. The van der Waals surface area contributed by atoms with Gasteiger partial charge in [-0.05, 0) is 112 Å². The molecule has 2 heteroatoms. The van der Waals surface area contributed by atoms with Gasteiger partial charge in [-0.25, -0.2) is 9.97 Å². The van der Waals surface area contributed by atoms with Gasteiger partial charge in [0, 0.05) is 22.1 Å². The standard InChI is InChI=1S/C70H48N2/c1-69(2)61-37-19-34-52(65(61)59-40-39-45-21-12-13-30-53(45)67(59)69)48-25-18-24-47(43-48)51-41-42-56(55-32-15-14-31-54(51)55)63-44-64(72-68(71-63)46-22-6-3-7-23-46)58-35-20-38-62-66(58)57-33-16-17-36-60(57)70(62,49-26-8-4-9-27-49)50-28-10-5-11-29-50/h3-44H,1-2H3. The molecule has 14 rings (SSSR count). The Morgan fingerprint density at radius 3 is 1.53 bits per heavy atom. The van der Waals surface area contributed by atoms with Gasteiger partial charge in [0.05, 0.1) is 16.8 Å². The highest BCUT2D eigenvalue weighted by Crippen LogP contribution is 2.59. The summed E-state index contributed by atoms with van der Waals surface area (Å²) in [5.41, 5.74) is 21.9. The molecule has 338 valence electrons. The van der Waals surface area contributed by atoms with E-state index in [2.05, 4.69) is 269 Å². The summed E-state index contributed by atoms with van der Waals surface area (Å²) in [6, 6.07) is 93.2. The molecule has 72 heavy (non-hydrogen) atoms. The molecule has 0 aliphatic heterocycles. The smallest absolute Gasteiger partial charge is 0.160 e. The van der Waals surface area contributed by atoms with E-state index in [1.807, 2.05) is 0 Å². The van der Waals surface area contributed by atoms with Crippen LogP contribution in [0.2, 0.25) is 0 Å². The van der Waals surface area contributed by atoms with Crippen LogP contribution in [0.25, 0.3) is 100.0 Å². The molecule has 0 saturated carbocycles. The lowest BCUT2D eigenvalue weighted by molar-refractivity contribution is 0.666. The maximum Gasteiger partial charge on any atom is 0.160 e. The van der Waals surface area contributed by atoms with E-state index < -0.39 is 5.41 Å². The van der Waals surface area contributed by atoms with Crippen LogP contribution in [0.4, 0.5) is 0 Å². The number of hydrogen-bond donors (Lipinski definition) is 0. The lowest BCUT2D eigenvalue weighted by atomic mass is 9.67. The third kappa shape index (κ3) is 6.22. The lowest BCUT2D eigenvalue weighted by Gasteiger charge is -2.33. The Balaban J connectivity index is 0.937. The molecule has 2 aliphatic rings. The monoisotopic (exact) mass is 916 g/mol. The quantitative estimate of drug-likeness (QED) is 0.159. The van der Waals surface area contributed by atoms with E-state index in [9.17, 15) is 0 Å². The van der Waals surface area contributed by atoms with Gasteiger partial charge in [0.15, 0.2) is 5.82 Å². The summed E-state index contributed by atoms with van der Waals surface area (Å²) in [4.78, 5) is 10.9. The summed E-state index contributed by atoms with van der Waals surface area (Å²) in [6.07, 6.45) is 0. The summed E-state index contributed by atoms with van der Waals surface area (Å²) < 4.78 is 0. The van der Waals surface area contributed by atoms with Crippen molar-refractivity contribution in [1.82, 2.24) is 9.97 Å². The van der Waals surface area contributed by atoms with Crippen molar-refractivity contribution in [1.29, 1.82) is 0 Å². The van der Waals surface area contributed by atoms with E-state index in [0.29, 0.717) is 5.82 Å². The van der Waals surface area contributed by atoms with E-state index in [1.165, 1.54) is 94.0 Å². The van der Waals surface area contributed by atoms with Gasteiger partial charge in [0.1, 0.15) is 0 Å². The Kier molecular flexibility index (Phi) is 9.50. The van der Waals surface area contributed by atoms with Crippen molar-refractivity contribution in [2.75, 3.05) is 0 Å². The summed E-state index contributed by atoms with van der Waals surface area (Å²) >= 11 is 0. The first-order valence-corrected chi connectivity index (χ1v) is 25.1. The highest BCUT2D eigenvalue weighted by Gasteiger charge is 2.47. The van der Waals surface area contributed by atoms with Gasteiger partial charge in [0.25, 0.3) is 0 Å². The molecule has 0 bridgehead atoms. The van der Waals surface area contributed by atoms with Crippen molar-refractivity contribution in [2.24, 2.45) is 0 Å². The minimum Gasteiger partial charge on any atom is -0.228 e. The molecular formula is C70H48N2. The van der Waals surface area contributed by atoms with Crippen LogP contribution in [0, 0.1) is 0 Å². The number of nitrogens with zero attached hydrogens (tertiary/aromatic N) is 2. The van der Waals surface area contributed by atoms with Crippen LogP contribution in [0.1, 0.15) is 47.2 Å². The number of rotatable bonds is 7. The normalized spacial score (nSPS) is 13.6. The molecule has 0 amide bonds. The van der Waals surface area contributed by atoms with Crippen molar-refractivity contribution in [3.8, 4) is 78.4 Å². The summed E-state index contributed by atoms with van der Waals surface area (Å²) in [7, 11) is 0. The summed E-state index contributed by atoms with van der Waals surface area (Å²) in [6.45, 7) is 4.77. The largest absolute Gasteiger partial charge is 0.228 e. The number of fused-ring (bicyclic) bond motifs is 9. The highest BCUT2D eigenvalue weighted by atomic mass is 14.9. The van der Waals surface area contributed by atoms with Crippen molar-refractivity contribution in [3.63, 3.8) is 0 Å². The fraction of sp³-hybridized carbons (Fsp3) is 0.0571. The molecule has 2 nitrogen and oxygen atoms in total. The van der Waals surface area contributed by atoms with E-state index in [1.54, 1.807) is 0 Å². The first-order chi connectivity index (χ1) is 35.5. The SMILES string of the molecule is CC1(C)c2cccc(-c3cccc(-c4ccc(-c5cc(-c6cccc7c6-c6ccccc6C7(c6ccccc6)c6ccccc6)nc(-c6ccccc6)n5)c5ccccc45)c3)c2-c2ccc3ccccc3c21. The van der Waals surface area contributed by atoms with Crippen LogP contribution in [0.5, 0.6) is 0 Å². The minimum absolute atomic E-state index is 0.133. The number of hydrogen-bond acceptors (Lipinski definition) is 2. The Labute approximate surface area is 420 Å². The van der Waals surface area contributed by atoms with Gasteiger partial charge >= 0.3 is 0 Å². The van der Waals surface area contributed by atoms with E-state index >= 15 is 0 Å². The highest BCUT2D eigenvalue weighted by molar-refractivity contribution is 6.06. The van der Waals surface area contributed by atoms with Crippen molar-refractivity contribution in [2.45, 2.75) is 24.7 Å². The fourth-order valence-electron chi connectivity index (χ4n) is 12.7. The lowest BCUT2D eigenvalue weighted by Crippen LogP contribution is -2.28. The first kappa shape index (κ1) is 41.9. The zero-order valence-corrected chi connectivity index (χ0v) is 40.1. The van der Waals surface area contributed by atoms with E-state index in [4.69, 9.17) is 9.97 Å². The van der Waals surface area contributed by atoms with Crippen LogP contribution in [0.15, 0.2) is 255 Å². The first-order valence-electron chi connectivity index (χ1n) is 25.1. The van der Waals surface area contributed by atoms with Crippen molar-refractivity contribution in [3.05, 3.63) is 288 Å². The second-order valence-corrected chi connectivity index (χ2v) is 19.9. The van der Waals surface area contributed by atoms with Gasteiger partial charge in [-0.2, -0.15) is 0 Å². The molecule has 0 fully saturated rings. The van der Waals surface area contributed by atoms with Gasteiger partial charge in [-0.15, -0.1) is 0 Å². The Morgan fingerprint density at radius 1 is 0.306 bits per heavy atom. The van der Waals surface area contributed by atoms with Crippen molar-refractivity contribution >= 4 is 21.5 Å². The topological polar surface area (TPSA) is 25.8 Å². The second kappa shape index (κ2) is 16.3. The van der Waals surface area contributed by atoms with Gasteiger partial charge in [-0.1, -0.05) is 257 Å². The molecular weight excluding hydrogens is 869 g/mol. The van der Waals surface area contributed by atoms with Crippen LogP contribution >= 0.6 is 0 Å². The van der Waals surface area contributed by atoms with Crippen LogP contribution in [0.3, 0.4) is 0 Å². The van der Waals surface area contributed by atoms with Gasteiger partial charge in [-0.3, -0.25) is 0 Å². The zero-order chi connectivity index (χ0) is 48.0. The number of benzene rings is 11. The second-order valence-electron chi connectivity index (χ2n) is 19.9. The zero-order valence-electron chi connectivity index (χ0n) is 40.1. The third-order valence-corrected chi connectivity index (χ3v) is 15.8.